The first-order valence-electron chi connectivity index (χ1n) is 19.7. The molecule has 0 N–H and O–H groups in total. The quantitative estimate of drug-likeness (QED) is 0.181. The van der Waals surface area contributed by atoms with Crippen molar-refractivity contribution in [2.75, 3.05) is 0 Å². The van der Waals surface area contributed by atoms with Crippen LogP contribution < -0.4 is 0 Å². The number of furan rings is 2. The summed E-state index contributed by atoms with van der Waals surface area (Å²) in [6, 6.07) is 57.1. The van der Waals surface area contributed by atoms with E-state index < -0.39 is 0 Å². The van der Waals surface area contributed by atoms with Gasteiger partial charge in [-0.05, 0) is 78.8 Å². The first-order valence-corrected chi connectivity index (χ1v) is 19.7. The lowest BCUT2D eigenvalue weighted by Gasteiger charge is -2.18. The Morgan fingerprint density at radius 1 is 0.339 bits per heavy atom. The van der Waals surface area contributed by atoms with Crippen LogP contribution in [0.2, 0.25) is 0 Å². The SMILES string of the molecule is CC(C)(C)c1oc2c(-c3ccc4ccccc4c3)cc3c(cc(-c4ccc5ccccc5c4)c4oc(C(C)(C)C)c(-c5ccccc5)c43)c2c1-c1ccccc1. The van der Waals surface area contributed by atoms with E-state index in [2.05, 4.69) is 199 Å². The maximum absolute atomic E-state index is 7.29. The van der Waals surface area contributed by atoms with Crippen molar-refractivity contribution in [2.45, 2.75) is 52.4 Å². The first kappa shape index (κ1) is 34.1. The van der Waals surface area contributed by atoms with E-state index in [1.165, 1.54) is 21.5 Å². The minimum atomic E-state index is -0.271. The highest BCUT2D eigenvalue weighted by atomic mass is 16.3. The molecule has 0 amide bonds. The lowest BCUT2D eigenvalue weighted by Crippen LogP contribution is -2.11. The predicted molar refractivity (Wildman–Crippen MR) is 238 cm³/mol. The van der Waals surface area contributed by atoms with Gasteiger partial charge in [-0.1, -0.05) is 175 Å². The first-order chi connectivity index (χ1) is 27.0. The average molecular weight is 725 g/mol. The molecule has 0 aliphatic rings. The molecule has 0 fully saturated rings. The Labute approximate surface area is 328 Å². The third-order valence-corrected chi connectivity index (χ3v) is 11.3. The zero-order valence-corrected chi connectivity index (χ0v) is 32.8. The third kappa shape index (κ3) is 5.46. The van der Waals surface area contributed by atoms with Crippen LogP contribution in [0.5, 0.6) is 0 Å². The minimum absolute atomic E-state index is 0.271. The summed E-state index contributed by atoms with van der Waals surface area (Å²) in [7, 11) is 0. The van der Waals surface area contributed by atoms with Crippen molar-refractivity contribution in [3.8, 4) is 44.5 Å². The second-order valence-electron chi connectivity index (χ2n) is 17.3. The number of benzene rings is 8. The van der Waals surface area contributed by atoms with E-state index in [4.69, 9.17) is 8.83 Å². The van der Waals surface area contributed by atoms with Crippen LogP contribution in [0.15, 0.2) is 167 Å². The molecule has 0 radical (unpaired) electrons. The molecule has 2 heteroatoms. The molecule has 0 spiro atoms. The standard InChI is InChI=1S/C54H44O2/c1-53(2,3)51-45(35-19-9-7-10-20-35)47-43-32-42(40-28-26-34-18-14-16-24-38(34)30-40)50-48(46(36-21-11-8-12-22-36)52(56-50)54(4,5)6)44(43)31-41(49(47)55-51)39-27-25-33-17-13-15-23-37(33)29-39/h7-32H,1-6H3. The Morgan fingerprint density at radius 2 is 0.696 bits per heavy atom. The molecular weight excluding hydrogens is 681 g/mol. The summed E-state index contributed by atoms with van der Waals surface area (Å²) >= 11 is 0. The van der Waals surface area contributed by atoms with Crippen LogP contribution in [0.25, 0.3) is 98.8 Å². The molecule has 0 atom stereocenters. The van der Waals surface area contributed by atoms with Crippen LogP contribution in [0, 0.1) is 0 Å². The Hall–Kier alpha value is -6.38. The molecule has 10 aromatic rings. The van der Waals surface area contributed by atoms with Gasteiger partial charge in [0.05, 0.1) is 0 Å². The smallest absolute Gasteiger partial charge is 0.143 e. The van der Waals surface area contributed by atoms with Crippen LogP contribution in [-0.2, 0) is 10.8 Å². The Morgan fingerprint density at radius 3 is 1.07 bits per heavy atom. The Bertz CT molecular complexity index is 2910. The minimum Gasteiger partial charge on any atom is -0.459 e. The van der Waals surface area contributed by atoms with Crippen molar-refractivity contribution >= 4 is 54.3 Å². The molecule has 2 aromatic heterocycles. The zero-order chi connectivity index (χ0) is 38.3. The average Bonchev–Trinajstić information content (AvgIpc) is 3.82. The van der Waals surface area contributed by atoms with Gasteiger partial charge in [0.15, 0.2) is 0 Å². The summed E-state index contributed by atoms with van der Waals surface area (Å²) in [4.78, 5) is 0. The van der Waals surface area contributed by atoms with E-state index in [1.54, 1.807) is 0 Å². The summed E-state index contributed by atoms with van der Waals surface area (Å²) in [5.74, 6) is 1.96. The van der Waals surface area contributed by atoms with E-state index in [-0.39, 0.29) is 10.8 Å². The van der Waals surface area contributed by atoms with Crippen LogP contribution >= 0.6 is 0 Å². The van der Waals surface area contributed by atoms with Gasteiger partial charge in [-0.2, -0.15) is 0 Å². The molecule has 2 nitrogen and oxygen atoms in total. The van der Waals surface area contributed by atoms with Crippen molar-refractivity contribution < 1.29 is 8.83 Å². The van der Waals surface area contributed by atoms with Gasteiger partial charge in [-0.25, -0.2) is 0 Å². The highest BCUT2D eigenvalue weighted by molar-refractivity contribution is 6.28. The van der Waals surface area contributed by atoms with E-state index in [1.807, 2.05) is 0 Å². The molecule has 272 valence electrons. The lowest BCUT2D eigenvalue weighted by molar-refractivity contribution is 0.432. The number of hydrogen-bond acceptors (Lipinski definition) is 2. The van der Waals surface area contributed by atoms with Gasteiger partial charge in [0, 0.05) is 43.9 Å². The summed E-state index contributed by atoms with van der Waals surface area (Å²) in [5.41, 5.74) is 10.2. The fourth-order valence-corrected chi connectivity index (χ4v) is 8.70. The molecular formula is C54H44O2. The Kier molecular flexibility index (Phi) is 7.67. The molecule has 0 aliphatic heterocycles. The second-order valence-corrected chi connectivity index (χ2v) is 17.3. The molecule has 0 bridgehead atoms. The van der Waals surface area contributed by atoms with Gasteiger partial charge in [-0.15, -0.1) is 0 Å². The van der Waals surface area contributed by atoms with Crippen molar-refractivity contribution in [1.82, 2.24) is 0 Å². The number of rotatable bonds is 4. The van der Waals surface area contributed by atoms with E-state index in [0.717, 1.165) is 88.7 Å². The van der Waals surface area contributed by atoms with Crippen molar-refractivity contribution in [3.63, 3.8) is 0 Å². The maximum Gasteiger partial charge on any atom is 0.143 e. The van der Waals surface area contributed by atoms with E-state index in [9.17, 15) is 0 Å². The van der Waals surface area contributed by atoms with E-state index >= 15 is 0 Å². The fourth-order valence-electron chi connectivity index (χ4n) is 8.70. The number of hydrogen-bond donors (Lipinski definition) is 0. The maximum atomic E-state index is 7.29. The van der Waals surface area contributed by atoms with Gasteiger partial charge < -0.3 is 8.83 Å². The fraction of sp³-hybridized carbons (Fsp3) is 0.148. The van der Waals surface area contributed by atoms with Crippen LogP contribution in [0.1, 0.15) is 53.1 Å². The van der Waals surface area contributed by atoms with Crippen molar-refractivity contribution in [1.29, 1.82) is 0 Å². The van der Waals surface area contributed by atoms with Crippen molar-refractivity contribution in [2.24, 2.45) is 0 Å². The summed E-state index contributed by atoms with van der Waals surface area (Å²) in [5, 5.41) is 9.38. The summed E-state index contributed by atoms with van der Waals surface area (Å²) < 4.78 is 14.6. The van der Waals surface area contributed by atoms with Crippen LogP contribution in [0.3, 0.4) is 0 Å². The normalized spacial score (nSPS) is 12.5. The van der Waals surface area contributed by atoms with Gasteiger partial charge in [0.25, 0.3) is 0 Å². The van der Waals surface area contributed by atoms with Gasteiger partial charge >= 0.3 is 0 Å². The lowest BCUT2D eigenvalue weighted by atomic mass is 9.83. The topological polar surface area (TPSA) is 26.3 Å². The molecule has 0 saturated heterocycles. The predicted octanol–water partition coefficient (Wildman–Crippen LogP) is 15.9. The monoisotopic (exact) mass is 724 g/mol. The molecule has 2 heterocycles. The van der Waals surface area contributed by atoms with Crippen LogP contribution in [0.4, 0.5) is 0 Å². The van der Waals surface area contributed by atoms with Crippen LogP contribution in [-0.4, -0.2) is 0 Å². The molecule has 0 unspecified atom stereocenters. The van der Waals surface area contributed by atoms with Gasteiger partial charge in [-0.3, -0.25) is 0 Å². The molecule has 8 aromatic carbocycles. The molecule has 10 rings (SSSR count). The summed E-state index contributed by atoms with van der Waals surface area (Å²) in [6.07, 6.45) is 0. The molecule has 0 aliphatic carbocycles. The molecule has 56 heavy (non-hydrogen) atoms. The second kappa shape index (κ2) is 12.6. The number of fused-ring (bicyclic) bond motifs is 7. The largest absolute Gasteiger partial charge is 0.459 e. The van der Waals surface area contributed by atoms with Gasteiger partial charge in [0.1, 0.15) is 22.7 Å². The van der Waals surface area contributed by atoms with E-state index in [0.29, 0.717) is 0 Å². The van der Waals surface area contributed by atoms with Gasteiger partial charge in [0.2, 0.25) is 0 Å². The highest BCUT2D eigenvalue weighted by Crippen LogP contribution is 2.53. The zero-order valence-electron chi connectivity index (χ0n) is 32.8. The Balaban J connectivity index is 1.47. The highest BCUT2D eigenvalue weighted by Gasteiger charge is 2.33. The third-order valence-electron chi connectivity index (χ3n) is 11.3. The summed E-state index contributed by atoms with van der Waals surface area (Å²) in [6.45, 7) is 13.5. The molecule has 0 saturated carbocycles. The van der Waals surface area contributed by atoms with Crippen molar-refractivity contribution in [3.05, 3.63) is 169 Å².